The quantitative estimate of drug-likeness (QED) is 0.784. The van der Waals surface area contributed by atoms with Gasteiger partial charge in [0.15, 0.2) is 0 Å². The Kier molecular flexibility index (Phi) is 7.53. The average molecular weight is 422 g/mol. The first-order valence-corrected chi connectivity index (χ1v) is 8.87. The highest BCUT2D eigenvalue weighted by Gasteiger charge is 2.35. The van der Waals surface area contributed by atoms with E-state index in [9.17, 15) is 22.8 Å². The van der Waals surface area contributed by atoms with E-state index in [1.54, 1.807) is 4.90 Å². The highest BCUT2D eigenvalue weighted by molar-refractivity contribution is 5.94. The van der Waals surface area contributed by atoms with Crippen LogP contribution >= 0.6 is 12.4 Å². The number of primary amides is 1. The van der Waals surface area contributed by atoms with E-state index in [0.29, 0.717) is 31.5 Å². The van der Waals surface area contributed by atoms with Gasteiger partial charge in [0.05, 0.1) is 11.6 Å². The maximum atomic E-state index is 13.1. The number of benzene rings is 1. The number of nitrogens with two attached hydrogens (primary N) is 2. The molecule has 1 aliphatic rings. The third-order valence-corrected chi connectivity index (χ3v) is 5.09. The van der Waals surface area contributed by atoms with Crippen molar-refractivity contribution in [2.24, 2.45) is 16.9 Å². The number of carbonyl (C=O) groups is 2. The Balaban J connectivity index is 0.00000392. The van der Waals surface area contributed by atoms with Crippen molar-refractivity contribution in [3.8, 4) is 0 Å². The van der Waals surface area contributed by atoms with Gasteiger partial charge in [0.25, 0.3) is 0 Å². The van der Waals surface area contributed by atoms with E-state index < -0.39 is 23.7 Å². The van der Waals surface area contributed by atoms with Crippen LogP contribution < -0.4 is 11.5 Å². The van der Waals surface area contributed by atoms with Crippen molar-refractivity contribution < 1.29 is 22.8 Å². The first kappa shape index (κ1) is 24.2. The Labute approximate surface area is 169 Å². The summed E-state index contributed by atoms with van der Waals surface area (Å²) in [7, 11) is 0. The largest absolute Gasteiger partial charge is 0.416 e. The van der Waals surface area contributed by atoms with Crippen LogP contribution in [0.1, 0.15) is 61.0 Å². The average Bonchev–Trinajstić information content (AvgIpc) is 2.58. The number of piperidine rings is 1. The third kappa shape index (κ3) is 5.38. The Morgan fingerprint density at radius 2 is 1.68 bits per heavy atom. The molecule has 4 N–H and O–H groups in total. The Hall–Kier alpha value is -1.80. The van der Waals surface area contributed by atoms with Gasteiger partial charge in [-0.15, -0.1) is 12.4 Å². The van der Waals surface area contributed by atoms with Crippen LogP contribution in [-0.4, -0.2) is 35.8 Å². The molecule has 0 unspecified atom stereocenters. The first-order chi connectivity index (χ1) is 12.3. The minimum atomic E-state index is -4.50. The van der Waals surface area contributed by atoms with E-state index in [2.05, 4.69) is 0 Å². The molecule has 0 radical (unpaired) electrons. The van der Waals surface area contributed by atoms with Gasteiger partial charge >= 0.3 is 6.18 Å². The third-order valence-electron chi connectivity index (χ3n) is 5.09. The van der Waals surface area contributed by atoms with Crippen molar-refractivity contribution in [3.05, 3.63) is 34.9 Å². The van der Waals surface area contributed by atoms with Crippen molar-refractivity contribution >= 4 is 24.2 Å². The van der Waals surface area contributed by atoms with Gasteiger partial charge in [-0.3, -0.25) is 9.59 Å². The maximum Gasteiger partial charge on any atom is 0.416 e. The molecule has 5 nitrogen and oxygen atoms in total. The van der Waals surface area contributed by atoms with Crippen LogP contribution in [0.5, 0.6) is 0 Å². The van der Waals surface area contributed by atoms with Crippen LogP contribution in [0, 0.1) is 5.41 Å². The monoisotopic (exact) mass is 421 g/mol. The summed E-state index contributed by atoms with van der Waals surface area (Å²) in [5.74, 6) is -1.20. The summed E-state index contributed by atoms with van der Waals surface area (Å²) in [6.07, 6.45) is -3.60. The fourth-order valence-corrected chi connectivity index (χ4v) is 3.28. The molecule has 2 rings (SSSR count). The van der Waals surface area contributed by atoms with E-state index in [-0.39, 0.29) is 35.2 Å². The highest BCUT2D eigenvalue weighted by atomic mass is 35.5. The second kappa shape index (κ2) is 8.69. The maximum absolute atomic E-state index is 13.1. The lowest BCUT2D eigenvalue weighted by Crippen LogP contribution is -2.52. The topological polar surface area (TPSA) is 89.4 Å². The molecule has 9 heteroatoms. The number of likely N-dealkylation sites (tertiary alicyclic amines) is 1. The molecule has 158 valence electrons. The van der Waals surface area contributed by atoms with Gasteiger partial charge in [0.2, 0.25) is 11.8 Å². The van der Waals surface area contributed by atoms with Gasteiger partial charge in [-0.2, -0.15) is 13.2 Å². The lowest BCUT2D eigenvalue weighted by molar-refractivity contribution is -0.137. The Morgan fingerprint density at radius 1 is 1.14 bits per heavy atom. The van der Waals surface area contributed by atoms with Crippen LogP contribution in [0.15, 0.2) is 18.2 Å². The Morgan fingerprint density at radius 3 is 2.11 bits per heavy atom. The zero-order valence-electron chi connectivity index (χ0n) is 16.2. The number of hydrogen-bond acceptors (Lipinski definition) is 3. The molecule has 0 spiro atoms. The zero-order valence-corrected chi connectivity index (χ0v) is 17.0. The fraction of sp³-hybridized carbons (Fsp3) is 0.579. The normalized spacial score (nSPS) is 17.0. The summed E-state index contributed by atoms with van der Waals surface area (Å²) >= 11 is 0. The molecule has 1 aromatic rings. The summed E-state index contributed by atoms with van der Waals surface area (Å²) in [6.45, 7) is 6.39. The molecular weight excluding hydrogens is 395 g/mol. The van der Waals surface area contributed by atoms with Crippen molar-refractivity contribution in [1.82, 2.24) is 4.90 Å². The molecule has 0 bridgehead atoms. The lowest BCUT2D eigenvalue weighted by atomic mass is 9.83. The van der Waals surface area contributed by atoms with Gasteiger partial charge in [-0.25, -0.2) is 0 Å². The zero-order chi connectivity index (χ0) is 20.6. The van der Waals surface area contributed by atoms with Gasteiger partial charge in [-0.1, -0.05) is 20.8 Å². The van der Waals surface area contributed by atoms with Gasteiger partial charge in [0.1, 0.15) is 0 Å². The fourth-order valence-electron chi connectivity index (χ4n) is 3.28. The minimum absolute atomic E-state index is 0. The summed E-state index contributed by atoms with van der Waals surface area (Å²) < 4.78 is 39.2. The van der Waals surface area contributed by atoms with Crippen molar-refractivity contribution in [2.75, 3.05) is 13.1 Å². The molecule has 0 aromatic heterocycles. The van der Waals surface area contributed by atoms with Gasteiger partial charge < -0.3 is 16.4 Å². The molecule has 1 aliphatic heterocycles. The van der Waals surface area contributed by atoms with Crippen molar-refractivity contribution in [2.45, 2.75) is 51.7 Å². The number of amides is 2. The van der Waals surface area contributed by atoms with Gasteiger partial charge in [0, 0.05) is 18.7 Å². The van der Waals surface area contributed by atoms with Crippen LogP contribution in [0.25, 0.3) is 0 Å². The van der Waals surface area contributed by atoms with Crippen LogP contribution in [0.4, 0.5) is 13.2 Å². The first-order valence-electron chi connectivity index (χ1n) is 8.87. The number of carbonyl (C=O) groups excluding carboxylic acids is 2. The van der Waals surface area contributed by atoms with E-state index in [4.69, 9.17) is 11.5 Å². The number of rotatable bonds is 3. The SMILES string of the molecule is CC(C)(C)[C@H](N)C(=O)N1CCC(c2cc(C(F)(F)F)ccc2C(N)=O)CC1.Cl. The van der Waals surface area contributed by atoms with Crippen molar-refractivity contribution in [3.63, 3.8) is 0 Å². The number of nitrogens with zero attached hydrogens (tertiary/aromatic N) is 1. The molecule has 1 fully saturated rings. The summed E-state index contributed by atoms with van der Waals surface area (Å²) in [5, 5.41) is 0. The molecule has 28 heavy (non-hydrogen) atoms. The van der Waals surface area contributed by atoms with Gasteiger partial charge in [-0.05, 0) is 47.9 Å². The molecule has 1 aromatic carbocycles. The van der Waals surface area contributed by atoms with Crippen LogP contribution in [0.3, 0.4) is 0 Å². The second-order valence-electron chi connectivity index (χ2n) is 8.11. The van der Waals surface area contributed by atoms with Crippen LogP contribution in [-0.2, 0) is 11.0 Å². The summed E-state index contributed by atoms with van der Waals surface area (Å²) in [4.78, 5) is 25.8. The van der Waals surface area contributed by atoms with E-state index in [1.165, 1.54) is 0 Å². The highest BCUT2D eigenvalue weighted by Crippen LogP contribution is 2.36. The van der Waals surface area contributed by atoms with E-state index in [0.717, 1.165) is 18.2 Å². The lowest BCUT2D eigenvalue weighted by Gasteiger charge is -2.37. The molecule has 1 heterocycles. The molecule has 2 amide bonds. The molecule has 0 aliphatic carbocycles. The minimum Gasteiger partial charge on any atom is -0.366 e. The summed E-state index contributed by atoms with van der Waals surface area (Å²) in [6, 6.07) is 2.35. The van der Waals surface area contributed by atoms with E-state index in [1.807, 2.05) is 20.8 Å². The smallest absolute Gasteiger partial charge is 0.366 e. The number of hydrogen-bond donors (Lipinski definition) is 2. The molecular formula is C19H27ClF3N3O2. The molecule has 0 saturated carbocycles. The molecule has 1 saturated heterocycles. The predicted molar refractivity (Wildman–Crippen MR) is 103 cm³/mol. The van der Waals surface area contributed by atoms with Crippen molar-refractivity contribution in [1.29, 1.82) is 0 Å². The second-order valence-corrected chi connectivity index (χ2v) is 8.11. The summed E-state index contributed by atoms with van der Waals surface area (Å²) in [5.41, 5.74) is 10.6. The predicted octanol–water partition coefficient (Wildman–Crippen LogP) is 3.31. The molecule has 1 atom stereocenters. The Bertz CT molecular complexity index is 724. The number of halogens is 4. The van der Waals surface area contributed by atoms with Crippen LogP contribution in [0.2, 0.25) is 0 Å². The standard InChI is InChI=1S/C19H26F3N3O2.ClH/c1-18(2,3)15(23)17(27)25-8-6-11(7-9-25)14-10-12(19(20,21)22)4-5-13(14)16(24)26;/h4-5,10-11,15H,6-9,23H2,1-3H3,(H2,24,26);1H/t15-;/m1./s1. The number of alkyl halides is 3. The van der Waals surface area contributed by atoms with E-state index >= 15 is 0 Å².